The normalized spacial score (nSPS) is 10.8. The summed E-state index contributed by atoms with van der Waals surface area (Å²) in [6.45, 7) is 4.39. The summed E-state index contributed by atoms with van der Waals surface area (Å²) in [4.78, 5) is 4.24. The molecule has 0 spiro atoms. The van der Waals surface area contributed by atoms with E-state index in [0.717, 1.165) is 11.6 Å². The van der Waals surface area contributed by atoms with Crippen molar-refractivity contribution >= 4 is 11.6 Å². The number of imidazole rings is 1. The molecule has 0 aliphatic carbocycles. The molecule has 1 heterocycles. The molecule has 0 saturated heterocycles. The van der Waals surface area contributed by atoms with Crippen molar-refractivity contribution < 1.29 is 0 Å². The molecule has 2 rings (SSSR count). The zero-order chi connectivity index (χ0) is 11.5. The summed E-state index contributed by atoms with van der Waals surface area (Å²) >= 11 is 0. The monoisotopic (exact) mass is 215 g/mol. The van der Waals surface area contributed by atoms with Gasteiger partial charge in [-0.05, 0) is 23.6 Å². The van der Waals surface area contributed by atoms with E-state index in [9.17, 15) is 0 Å². The molecule has 0 saturated carbocycles. The number of aryl methyl sites for hydroxylation is 1. The van der Waals surface area contributed by atoms with Crippen molar-refractivity contribution in [3.05, 3.63) is 42.2 Å². The fourth-order valence-electron chi connectivity index (χ4n) is 1.59. The van der Waals surface area contributed by atoms with Crippen LogP contribution in [0.5, 0.6) is 0 Å². The predicted octanol–water partition coefficient (Wildman–Crippen LogP) is 3.29. The van der Waals surface area contributed by atoms with Gasteiger partial charge in [-0.2, -0.15) is 0 Å². The SMILES string of the molecule is CC(C)c1cccc(Nc2nccn2C)c1. The van der Waals surface area contributed by atoms with Crippen molar-refractivity contribution in [2.75, 3.05) is 5.32 Å². The lowest BCUT2D eigenvalue weighted by atomic mass is 10.0. The third kappa shape index (κ3) is 2.24. The molecule has 3 nitrogen and oxygen atoms in total. The molecule has 0 atom stereocenters. The Kier molecular flexibility index (Phi) is 2.95. The van der Waals surface area contributed by atoms with Crippen LogP contribution in [0.4, 0.5) is 11.6 Å². The van der Waals surface area contributed by atoms with Crippen molar-refractivity contribution in [1.29, 1.82) is 0 Å². The number of nitrogens with zero attached hydrogens (tertiary/aromatic N) is 2. The van der Waals surface area contributed by atoms with Gasteiger partial charge in [0.25, 0.3) is 0 Å². The quantitative estimate of drug-likeness (QED) is 0.851. The lowest BCUT2D eigenvalue weighted by molar-refractivity contribution is 0.866. The third-order valence-electron chi connectivity index (χ3n) is 2.63. The number of hydrogen-bond donors (Lipinski definition) is 1. The number of anilines is 2. The summed E-state index contributed by atoms with van der Waals surface area (Å²) in [6, 6.07) is 8.44. The van der Waals surface area contributed by atoms with E-state index in [-0.39, 0.29) is 0 Å². The lowest BCUT2D eigenvalue weighted by Crippen LogP contribution is -1.99. The third-order valence-corrected chi connectivity index (χ3v) is 2.63. The van der Waals surface area contributed by atoms with E-state index in [2.05, 4.69) is 48.4 Å². The maximum Gasteiger partial charge on any atom is 0.207 e. The second-order valence-corrected chi connectivity index (χ2v) is 4.27. The van der Waals surface area contributed by atoms with Gasteiger partial charge >= 0.3 is 0 Å². The molecule has 0 bridgehead atoms. The molecule has 0 amide bonds. The molecule has 2 aromatic rings. The van der Waals surface area contributed by atoms with E-state index in [1.165, 1.54) is 5.56 Å². The smallest absolute Gasteiger partial charge is 0.207 e. The molecule has 3 heteroatoms. The molecule has 0 radical (unpaired) electrons. The van der Waals surface area contributed by atoms with Crippen molar-refractivity contribution in [3.8, 4) is 0 Å². The lowest BCUT2D eigenvalue weighted by Gasteiger charge is -2.09. The van der Waals surface area contributed by atoms with Crippen LogP contribution in [0.15, 0.2) is 36.7 Å². The van der Waals surface area contributed by atoms with Gasteiger partial charge in [-0.15, -0.1) is 0 Å². The molecule has 1 aromatic carbocycles. The topological polar surface area (TPSA) is 29.9 Å². The predicted molar refractivity (Wildman–Crippen MR) is 67.0 cm³/mol. The van der Waals surface area contributed by atoms with Crippen LogP contribution in [-0.4, -0.2) is 9.55 Å². The second kappa shape index (κ2) is 4.39. The van der Waals surface area contributed by atoms with Crippen LogP contribution < -0.4 is 5.32 Å². The second-order valence-electron chi connectivity index (χ2n) is 4.27. The fraction of sp³-hybridized carbons (Fsp3) is 0.308. The Labute approximate surface area is 96.1 Å². The van der Waals surface area contributed by atoms with E-state index >= 15 is 0 Å². The molecule has 0 unspecified atom stereocenters. The van der Waals surface area contributed by atoms with Crippen molar-refractivity contribution in [2.45, 2.75) is 19.8 Å². The summed E-state index contributed by atoms with van der Waals surface area (Å²) in [6.07, 6.45) is 3.71. The Morgan fingerprint density at radius 2 is 2.12 bits per heavy atom. The molecule has 16 heavy (non-hydrogen) atoms. The molecule has 0 fully saturated rings. The Balaban J connectivity index is 2.22. The Hall–Kier alpha value is -1.77. The van der Waals surface area contributed by atoms with Crippen LogP contribution in [0.1, 0.15) is 25.3 Å². The Morgan fingerprint density at radius 3 is 2.75 bits per heavy atom. The number of aromatic nitrogens is 2. The summed E-state index contributed by atoms with van der Waals surface area (Å²) in [5.41, 5.74) is 2.42. The maximum absolute atomic E-state index is 4.24. The van der Waals surface area contributed by atoms with Crippen LogP contribution in [0.25, 0.3) is 0 Å². The Bertz CT molecular complexity index is 472. The van der Waals surface area contributed by atoms with Crippen molar-refractivity contribution in [2.24, 2.45) is 7.05 Å². The summed E-state index contributed by atoms with van der Waals surface area (Å²) < 4.78 is 1.96. The molecular weight excluding hydrogens is 198 g/mol. The Morgan fingerprint density at radius 1 is 1.31 bits per heavy atom. The first-order chi connectivity index (χ1) is 7.66. The first-order valence-corrected chi connectivity index (χ1v) is 5.51. The van der Waals surface area contributed by atoms with Gasteiger partial charge in [0.1, 0.15) is 0 Å². The average Bonchev–Trinajstić information content (AvgIpc) is 2.65. The van der Waals surface area contributed by atoms with E-state index in [1.54, 1.807) is 6.20 Å². The van der Waals surface area contributed by atoms with Crippen LogP contribution in [0.3, 0.4) is 0 Å². The summed E-state index contributed by atoms with van der Waals surface area (Å²) in [5.74, 6) is 1.41. The van der Waals surface area contributed by atoms with Gasteiger partial charge in [0.2, 0.25) is 5.95 Å². The van der Waals surface area contributed by atoms with Crippen molar-refractivity contribution in [1.82, 2.24) is 9.55 Å². The first kappa shape index (κ1) is 10.7. The first-order valence-electron chi connectivity index (χ1n) is 5.51. The minimum atomic E-state index is 0.545. The van der Waals surface area contributed by atoms with E-state index < -0.39 is 0 Å². The summed E-state index contributed by atoms with van der Waals surface area (Å²) in [5, 5.41) is 3.30. The number of benzene rings is 1. The van der Waals surface area contributed by atoms with Crippen LogP contribution in [0, 0.1) is 0 Å². The van der Waals surface area contributed by atoms with Crippen LogP contribution >= 0.6 is 0 Å². The van der Waals surface area contributed by atoms with Gasteiger partial charge in [0, 0.05) is 25.1 Å². The number of nitrogens with one attached hydrogen (secondary N) is 1. The van der Waals surface area contributed by atoms with Gasteiger partial charge in [0.15, 0.2) is 0 Å². The van der Waals surface area contributed by atoms with Gasteiger partial charge in [-0.3, -0.25) is 0 Å². The minimum Gasteiger partial charge on any atom is -0.326 e. The van der Waals surface area contributed by atoms with E-state index in [1.807, 2.05) is 17.8 Å². The highest BCUT2D eigenvalue weighted by molar-refractivity contribution is 5.55. The van der Waals surface area contributed by atoms with Gasteiger partial charge in [0.05, 0.1) is 0 Å². The number of hydrogen-bond acceptors (Lipinski definition) is 2. The molecule has 0 aliphatic heterocycles. The van der Waals surface area contributed by atoms with Crippen LogP contribution in [0.2, 0.25) is 0 Å². The number of rotatable bonds is 3. The van der Waals surface area contributed by atoms with Crippen LogP contribution in [-0.2, 0) is 7.05 Å². The standard InChI is InChI=1S/C13H17N3/c1-10(2)11-5-4-6-12(9-11)15-13-14-7-8-16(13)3/h4-10H,1-3H3,(H,14,15). The van der Waals surface area contributed by atoms with E-state index in [0.29, 0.717) is 5.92 Å². The molecule has 1 N–H and O–H groups in total. The minimum absolute atomic E-state index is 0.545. The molecule has 1 aromatic heterocycles. The van der Waals surface area contributed by atoms with Gasteiger partial charge < -0.3 is 9.88 Å². The highest BCUT2D eigenvalue weighted by atomic mass is 15.2. The van der Waals surface area contributed by atoms with Crippen molar-refractivity contribution in [3.63, 3.8) is 0 Å². The zero-order valence-corrected chi connectivity index (χ0v) is 9.94. The van der Waals surface area contributed by atoms with Gasteiger partial charge in [-0.1, -0.05) is 26.0 Å². The fourth-order valence-corrected chi connectivity index (χ4v) is 1.59. The van der Waals surface area contributed by atoms with Gasteiger partial charge in [-0.25, -0.2) is 4.98 Å². The molecular formula is C13H17N3. The molecule has 0 aliphatic rings. The summed E-state index contributed by atoms with van der Waals surface area (Å²) in [7, 11) is 1.97. The highest BCUT2D eigenvalue weighted by Gasteiger charge is 2.02. The highest BCUT2D eigenvalue weighted by Crippen LogP contribution is 2.20. The largest absolute Gasteiger partial charge is 0.326 e. The maximum atomic E-state index is 4.24. The average molecular weight is 215 g/mol. The molecule has 84 valence electrons. The zero-order valence-electron chi connectivity index (χ0n) is 9.94. The van der Waals surface area contributed by atoms with E-state index in [4.69, 9.17) is 0 Å².